The Labute approximate surface area is 105 Å². The normalized spacial score (nSPS) is 16.4. The largest absolute Gasteiger partial charge is 0.325 e. The fourth-order valence-corrected chi connectivity index (χ4v) is 1.99. The van der Waals surface area contributed by atoms with Crippen molar-refractivity contribution < 1.29 is 9.59 Å². The monoisotopic (exact) mass is 251 g/mol. The molecular formula is C13H14ClNO2. The van der Waals surface area contributed by atoms with Crippen LogP contribution in [0.15, 0.2) is 24.3 Å². The molecule has 0 saturated heterocycles. The summed E-state index contributed by atoms with van der Waals surface area (Å²) >= 11 is 5.44. The molecule has 90 valence electrons. The van der Waals surface area contributed by atoms with Gasteiger partial charge in [0, 0.05) is 5.69 Å². The zero-order chi connectivity index (χ0) is 12.5. The van der Waals surface area contributed by atoms with Crippen LogP contribution < -0.4 is 5.32 Å². The molecule has 1 aromatic carbocycles. The fourth-order valence-electron chi connectivity index (χ4n) is 1.71. The van der Waals surface area contributed by atoms with Crippen molar-refractivity contribution in [3.05, 3.63) is 29.8 Å². The molecule has 1 aromatic rings. The number of amides is 1. The fraction of sp³-hybridized carbons (Fsp3) is 0.385. The second-order valence-corrected chi connectivity index (χ2v) is 4.70. The van der Waals surface area contributed by atoms with E-state index in [-0.39, 0.29) is 5.91 Å². The number of aryl methyl sites for hydroxylation is 1. The first kappa shape index (κ1) is 12.1. The predicted octanol–water partition coefficient (Wildman–Crippen LogP) is 2.73. The average Bonchev–Trinajstić information content (AvgIpc) is 3.11. The van der Waals surface area contributed by atoms with E-state index < -0.39 is 10.7 Å². The summed E-state index contributed by atoms with van der Waals surface area (Å²) in [6.07, 6.45) is 2.06. The lowest BCUT2D eigenvalue weighted by atomic mass is 10.1. The number of halogens is 1. The molecule has 0 heterocycles. The third-order valence-corrected chi connectivity index (χ3v) is 3.54. The molecule has 0 atom stereocenters. The van der Waals surface area contributed by atoms with Crippen LogP contribution in [0.3, 0.4) is 0 Å². The van der Waals surface area contributed by atoms with Crippen molar-refractivity contribution in [3.63, 3.8) is 0 Å². The topological polar surface area (TPSA) is 46.2 Å². The summed E-state index contributed by atoms with van der Waals surface area (Å²) in [5.41, 5.74) is 0.944. The van der Waals surface area contributed by atoms with Gasteiger partial charge in [-0.25, -0.2) is 0 Å². The third-order valence-electron chi connectivity index (χ3n) is 3.18. The van der Waals surface area contributed by atoms with Crippen LogP contribution in [-0.2, 0) is 16.0 Å². The van der Waals surface area contributed by atoms with Crippen molar-refractivity contribution in [2.45, 2.75) is 26.2 Å². The van der Waals surface area contributed by atoms with Crippen molar-refractivity contribution in [1.82, 2.24) is 0 Å². The van der Waals surface area contributed by atoms with Crippen molar-refractivity contribution in [2.75, 3.05) is 5.32 Å². The minimum Gasteiger partial charge on any atom is -0.325 e. The first-order valence-corrected chi connectivity index (χ1v) is 6.06. The quantitative estimate of drug-likeness (QED) is 0.661. The maximum Gasteiger partial charge on any atom is 0.239 e. The highest BCUT2D eigenvalue weighted by molar-refractivity contribution is 6.67. The Kier molecular flexibility index (Phi) is 3.20. The molecule has 0 aromatic heterocycles. The van der Waals surface area contributed by atoms with Crippen molar-refractivity contribution in [1.29, 1.82) is 0 Å². The molecule has 0 unspecified atom stereocenters. The Morgan fingerprint density at radius 3 is 2.29 bits per heavy atom. The first-order chi connectivity index (χ1) is 8.08. The van der Waals surface area contributed by atoms with Gasteiger partial charge in [0.15, 0.2) is 0 Å². The molecule has 1 aliphatic rings. The number of rotatable bonds is 4. The van der Waals surface area contributed by atoms with Crippen molar-refractivity contribution in [3.8, 4) is 0 Å². The third kappa shape index (κ3) is 2.34. The lowest BCUT2D eigenvalue weighted by Gasteiger charge is -2.11. The van der Waals surface area contributed by atoms with Gasteiger partial charge in [0.05, 0.1) is 0 Å². The second kappa shape index (κ2) is 4.49. The van der Waals surface area contributed by atoms with Crippen LogP contribution in [0.4, 0.5) is 5.69 Å². The number of carbonyl (C=O) groups is 2. The van der Waals surface area contributed by atoms with Gasteiger partial charge in [-0.05, 0) is 48.6 Å². The number of hydrogen-bond acceptors (Lipinski definition) is 2. The van der Waals surface area contributed by atoms with Crippen LogP contribution in [-0.4, -0.2) is 11.1 Å². The molecule has 1 aliphatic carbocycles. The van der Waals surface area contributed by atoms with Crippen LogP contribution in [0.5, 0.6) is 0 Å². The summed E-state index contributed by atoms with van der Waals surface area (Å²) in [6, 6.07) is 7.59. The first-order valence-electron chi connectivity index (χ1n) is 5.69. The van der Waals surface area contributed by atoms with Gasteiger partial charge < -0.3 is 5.32 Å². The molecule has 1 N–H and O–H groups in total. The highest BCUT2D eigenvalue weighted by Gasteiger charge is 2.55. The van der Waals surface area contributed by atoms with E-state index in [9.17, 15) is 9.59 Å². The van der Waals surface area contributed by atoms with E-state index in [0.29, 0.717) is 18.5 Å². The zero-order valence-corrected chi connectivity index (χ0v) is 10.4. The minimum absolute atomic E-state index is 0.290. The van der Waals surface area contributed by atoms with Gasteiger partial charge in [0.2, 0.25) is 11.1 Å². The molecule has 4 heteroatoms. The molecular weight excluding hydrogens is 238 g/mol. The summed E-state index contributed by atoms with van der Waals surface area (Å²) in [5.74, 6) is -0.290. The highest BCUT2D eigenvalue weighted by atomic mass is 35.5. The molecule has 3 nitrogen and oxygen atoms in total. The van der Waals surface area contributed by atoms with Gasteiger partial charge >= 0.3 is 0 Å². The maximum absolute atomic E-state index is 11.9. The van der Waals surface area contributed by atoms with E-state index in [1.54, 1.807) is 0 Å². The van der Waals surface area contributed by atoms with E-state index in [1.807, 2.05) is 24.3 Å². The van der Waals surface area contributed by atoms with Gasteiger partial charge in [-0.15, -0.1) is 0 Å². The Bertz CT molecular complexity index is 449. The molecule has 1 saturated carbocycles. The highest BCUT2D eigenvalue weighted by Crippen LogP contribution is 2.48. The molecule has 0 bridgehead atoms. The number of anilines is 1. The van der Waals surface area contributed by atoms with Crippen LogP contribution >= 0.6 is 11.6 Å². The predicted molar refractivity (Wildman–Crippen MR) is 67.0 cm³/mol. The van der Waals surface area contributed by atoms with E-state index in [1.165, 1.54) is 5.56 Å². The standard InChI is InChI=1S/C13H14ClNO2/c1-2-9-3-5-10(6-4-9)15-12(17)13(7-8-13)11(14)16/h3-6H,2,7-8H2,1H3,(H,15,17). The summed E-state index contributed by atoms with van der Waals surface area (Å²) < 4.78 is 0. The smallest absolute Gasteiger partial charge is 0.239 e. The van der Waals surface area contributed by atoms with E-state index in [2.05, 4.69) is 12.2 Å². The molecule has 17 heavy (non-hydrogen) atoms. The molecule has 0 spiro atoms. The molecule has 0 aliphatic heterocycles. The number of carbonyl (C=O) groups excluding carboxylic acids is 2. The van der Waals surface area contributed by atoms with Crippen LogP contribution in [0.1, 0.15) is 25.3 Å². The average molecular weight is 252 g/mol. The summed E-state index contributed by atoms with van der Waals surface area (Å²) in [4.78, 5) is 23.0. The van der Waals surface area contributed by atoms with Gasteiger partial charge in [0.25, 0.3) is 0 Å². The minimum atomic E-state index is -0.967. The van der Waals surface area contributed by atoms with Crippen molar-refractivity contribution in [2.24, 2.45) is 5.41 Å². The number of nitrogens with one attached hydrogen (secondary N) is 1. The summed E-state index contributed by atoms with van der Waals surface area (Å²) in [7, 11) is 0. The van der Waals surface area contributed by atoms with Gasteiger partial charge in [-0.3, -0.25) is 9.59 Å². The zero-order valence-electron chi connectivity index (χ0n) is 9.63. The Morgan fingerprint density at radius 2 is 1.88 bits per heavy atom. The summed E-state index contributed by atoms with van der Waals surface area (Å²) in [5, 5.41) is 2.18. The van der Waals surface area contributed by atoms with Crippen LogP contribution in [0.2, 0.25) is 0 Å². The summed E-state index contributed by atoms with van der Waals surface area (Å²) in [6.45, 7) is 2.07. The number of benzene rings is 1. The molecule has 2 rings (SSSR count). The van der Waals surface area contributed by atoms with Gasteiger partial charge in [0.1, 0.15) is 5.41 Å². The lowest BCUT2D eigenvalue weighted by Crippen LogP contribution is -2.28. The van der Waals surface area contributed by atoms with E-state index >= 15 is 0 Å². The van der Waals surface area contributed by atoms with Gasteiger partial charge in [-0.1, -0.05) is 19.1 Å². The van der Waals surface area contributed by atoms with Crippen LogP contribution in [0.25, 0.3) is 0 Å². The Balaban J connectivity index is 2.06. The maximum atomic E-state index is 11.9. The Morgan fingerprint density at radius 1 is 1.29 bits per heavy atom. The molecule has 0 radical (unpaired) electrons. The lowest BCUT2D eigenvalue weighted by molar-refractivity contribution is -0.128. The van der Waals surface area contributed by atoms with E-state index in [4.69, 9.17) is 11.6 Å². The van der Waals surface area contributed by atoms with Gasteiger partial charge in [-0.2, -0.15) is 0 Å². The molecule has 1 amide bonds. The van der Waals surface area contributed by atoms with Crippen LogP contribution in [0, 0.1) is 5.41 Å². The van der Waals surface area contributed by atoms with Crippen molar-refractivity contribution >= 4 is 28.4 Å². The number of hydrogen-bond donors (Lipinski definition) is 1. The second-order valence-electron chi connectivity index (χ2n) is 4.36. The van der Waals surface area contributed by atoms with E-state index in [0.717, 1.165) is 6.42 Å². The Hall–Kier alpha value is -1.35. The molecule has 1 fully saturated rings. The SMILES string of the molecule is CCc1ccc(NC(=O)C2(C(=O)Cl)CC2)cc1.